The van der Waals surface area contributed by atoms with Gasteiger partial charge in [-0.25, -0.2) is 9.78 Å². The second kappa shape index (κ2) is 10.7. The summed E-state index contributed by atoms with van der Waals surface area (Å²) in [6.07, 6.45) is 2.15. The number of anilines is 1. The normalized spacial score (nSPS) is 19.6. The van der Waals surface area contributed by atoms with Crippen molar-refractivity contribution in [2.24, 2.45) is 0 Å². The minimum Gasteiger partial charge on any atom is -0.507 e. The first-order valence-electron chi connectivity index (χ1n) is 13.1. The molecule has 1 fully saturated rings. The fourth-order valence-corrected chi connectivity index (χ4v) is 6.00. The van der Waals surface area contributed by atoms with Crippen LogP contribution in [-0.2, 0) is 20.7 Å². The van der Waals surface area contributed by atoms with Crippen LogP contribution in [0.3, 0.4) is 0 Å². The Morgan fingerprint density at radius 1 is 1.25 bits per heavy atom. The van der Waals surface area contributed by atoms with Crippen molar-refractivity contribution in [3.8, 4) is 5.75 Å². The van der Waals surface area contributed by atoms with E-state index in [1.807, 2.05) is 31.2 Å². The van der Waals surface area contributed by atoms with Crippen LogP contribution in [0.1, 0.15) is 70.4 Å². The van der Waals surface area contributed by atoms with Crippen LogP contribution in [0.5, 0.6) is 5.75 Å². The van der Waals surface area contributed by atoms with Crippen molar-refractivity contribution in [3.05, 3.63) is 93.5 Å². The topological polar surface area (TPSA) is 106 Å². The molecule has 1 saturated heterocycles. The van der Waals surface area contributed by atoms with Gasteiger partial charge in [0.05, 0.1) is 17.3 Å². The van der Waals surface area contributed by atoms with E-state index in [9.17, 15) is 19.5 Å². The first-order valence-corrected chi connectivity index (χ1v) is 13.9. The highest BCUT2D eigenvalue weighted by Gasteiger charge is 2.48. The molecule has 3 heterocycles. The summed E-state index contributed by atoms with van der Waals surface area (Å²) >= 11 is 0.966. The van der Waals surface area contributed by atoms with E-state index in [1.54, 1.807) is 25.1 Å². The Hall–Kier alpha value is -4.24. The van der Waals surface area contributed by atoms with Crippen molar-refractivity contribution in [3.63, 3.8) is 0 Å². The summed E-state index contributed by atoms with van der Waals surface area (Å²) in [5, 5.41) is 11.7. The Balaban J connectivity index is 1.65. The number of hydrogen-bond donors (Lipinski definition) is 1. The van der Waals surface area contributed by atoms with E-state index < -0.39 is 23.7 Å². The number of carbonyl (C=O) groups is 3. The van der Waals surface area contributed by atoms with E-state index in [2.05, 4.69) is 25.4 Å². The Morgan fingerprint density at radius 3 is 2.65 bits per heavy atom. The Labute approximate surface area is 236 Å². The molecule has 0 bridgehead atoms. The molecule has 8 nitrogen and oxygen atoms in total. The predicted molar refractivity (Wildman–Crippen MR) is 153 cm³/mol. The van der Waals surface area contributed by atoms with Crippen LogP contribution in [0.4, 0.5) is 5.13 Å². The lowest BCUT2D eigenvalue weighted by Gasteiger charge is -2.23. The summed E-state index contributed by atoms with van der Waals surface area (Å²) < 4.78 is 11.0. The molecule has 206 valence electrons. The summed E-state index contributed by atoms with van der Waals surface area (Å²) in [6.45, 7) is 11.3. The van der Waals surface area contributed by atoms with Gasteiger partial charge in [0.2, 0.25) is 0 Å². The number of thiazole rings is 1. The number of aromatic nitrogens is 1. The molecule has 1 aromatic heterocycles. The second-order valence-corrected chi connectivity index (χ2v) is 11.2. The van der Waals surface area contributed by atoms with Crippen LogP contribution in [0.2, 0.25) is 0 Å². The molecule has 1 amide bonds. The number of Topliss-reactive ketones (excluding diaryl/α,β-unsaturated/α-hetero) is 1. The van der Waals surface area contributed by atoms with Gasteiger partial charge in [-0.3, -0.25) is 14.5 Å². The number of aliphatic hydroxyl groups excluding tert-OH is 1. The number of nitrogens with zero attached hydrogens (tertiary/aromatic N) is 2. The number of aliphatic hydroxyl groups is 1. The molecule has 9 heteroatoms. The standard InChI is InChI=1S/C31H30N2O6S/c1-6-13-38-30(37)28-18(5)32-31(40-28)33-25(20-9-7-19(8-10-20)16(2)3)24(27(35)29(33)36)26(34)21-11-12-23-22(15-21)14-17(4)39-23/h6-12,15-17,25,34H,1,13-14H2,2-5H3/b26-24-. The molecule has 2 aliphatic rings. The van der Waals surface area contributed by atoms with Gasteiger partial charge in [-0.2, -0.15) is 0 Å². The summed E-state index contributed by atoms with van der Waals surface area (Å²) in [4.78, 5) is 45.7. The number of hydrogen-bond acceptors (Lipinski definition) is 8. The maximum absolute atomic E-state index is 13.6. The zero-order chi connectivity index (χ0) is 28.7. The quantitative estimate of drug-likeness (QED) is 0.127. The fraction of sp³-hybridized carbons (Fsp3) is 0.290. The Bertz CT molecular complexity index is 1550. The molecule has 0 spiro atoms. The van der Waals surface area contributed by atoms with Gasteiger partial charge in [0.15, 0.2) is 5.13 Å². The molecular weight excluding hydrogens is 528 g/mol. The summed E-state index contributed by atoms with van der Waals surface area (Å²) in [7, 11) is 0. The number of esters is 1. The van der Waals surface area contributed by atoms with Crippen LogP contribution < -0.4 is 9.64 Å². The smallest absolute Gasteiger partial charge is 0.350 e. The van der Waals surface area contributed by atoms with Gasteiger partial charge in [-0.1, -0.05) is 62.1 Å². The van der Waals surface area contributed by atoms with Crippen LogP contribution in [0, 0.1) is 6.92 Å². The Morgan fingerprint density at radius 2 is 1.98 bits per heavy atom. The number of ether oxygens (including phenoxy) is 2. The molecular formula is C31H30N2O6S. The van der Waals surface area contributed by atoms with Crippen molar-refractivity contribution >= 4 is 39.9 Å². The number of ketones is 1. The maximum atomic E-state index is 13.6. The molecule has 40 heavy (non-hydrogen) atoms. The first-order chi connectivity index (χ1) is 19.1. The van der Waals surface area contributed by atoms with Gasteiger partial charge in [0.1, 0.15) is 29.1 Å². The monoisotopic (exact) mass is 558 g/mol. The number of benzene rings is 2. The lowest BCUT2D eigenvalue weighted by Crippen LogP contribution is -2.29. The number of aryl methyl sites for hydroxylation is 1. The molecule has 2 unspecified atom stereocenters. The van der Waals surface area contributed by atoms with Gasteiger partial charge >= 0.3 is 11.9 Å². The van der Waals surface area contributed by atoms with E-state index in [0.717, 1.165) is 28.2 Å². The van der Waals surface area contributed by atoms with Crippen LogP contribution in [0.15, 0.2) is 60.7 Å². The summed E-state index contributed by atoms with van der Waals surface area (Å²) in [6, 6.07) is 11.9. The van der Waals surface area contributed by atoms with Crippen molar-refractivity contribution in [1.82, 2.24) is 4.98 Å². The summed E-state index contributed by atoms with van der Waals surface area (Å²) in [5.74, 6) is -1.52. The number of amides is 1. The fourth-order valence-electron chi connectivity index (χ4n) is 5.01. The van der Waals surface area contributed by atoms with Crippen molar-refractivity contribution in [2.45, 2.75) is 52.2 Å². The average molecular weight is 559 g/mol. The Kier molecular flexibility index (Phi) is 7.33. The number of rotatable bonds is 7. The minimum atomic E-state index is -0.952. The molecule has 0 aliphatic carbocycles. The highest BCUT2D eigenvalue weighted by Crippen LogP contribution is 2.44. The van der Waals surface area contributed by atoms with Gasteiger partial charge < -0.3 is 14.6 Å². The minimum absolute atomic E-state index is 0.0120. The van der Waals surface area contributed by atoms with Gasteiger partial charge in [0, 0.05) is 12.0 Å². The maximum Gasteiger partial charge on any atom is 0.350 e. The number of carbonyl (C=O) groups excluding carboxylic acids is 3. The highest BCUT2D eigenvalue weighted by atomic mass is 32.1. The van der Waals surface area contributed by atoms with Crippen LogP contribution in [0.25, 0.3) is 5.76 Å². The van der Waals surface area contributed by atoms with Gasteiger partial charge in [0.25, 0.3) is 5.78 Å². The van der Waals surface area contributed by atoms with E-state index in [1.165, 1.54) is 11.0 Å². The third-order valence-corrected chi connectivity index (χ3v) is 8.18. The van der Waals surface area contributed by atoms with Crippen molar-refractivity contribution in [2.75, 3.05) is 11.5 Å². The molecule has 3 aromatic rings. The third-order valence-electron chi connectivity index (χ3n) is 7.04. The molecule has 5 rings (SSSR count). The second-order valence-electron chi connectivity index (χ2n) is 10.2. The van der Waals surface area contributed by atoms with E-state index in [-0.39, 0.29) is 40.0 Å². The third kappa shape index (κ3) is 4.81. The largest absolute Gasteiger partial charge is 0.507 e. The summed E-state index contributed by atoms with van der Waals surface area (Å²) in [5.41, 5.74) is 3.39. The van der Waals surface area contributed by atoms with Gasteiger partial charge in [-0.05, 0) is 54.7 Å². The van der Waals surface area contributed by atoms with Crippen molar-refractivity contribution in [1.29, 1.82) is 0 Å². The lowest BCUT2D eigenvalue weighted by molar-refractivity contribution is -0.132. The highest BCUT2D eigenvalue weighted by molar-refractivity contribution is 7.17. The van der Waals surface area contributed by atoms with Crippen molar-refractivity contribution < 1.29 is 29.0 Å². The zero-order valence-corrected chi connectivity index (χ0v) is 23.6. The van der Waals surface area contributed by atoms with E-state index in [0.29, 0.717) is 23.2 Å². The van der Waals surface area contributed by atoms with E-state index in [4.69, 9.17) is 9.47 Å². The molecule has 2 aromatic carbocycles. The SMILES string of the molecule is C=CCOC(=O)c1sc(N2C(=O)C(=O)/C(=C(\O)c3ccc4c(c3)CC(C)O4)C2c2ccc(C(C)C)cc2)nc1C. The van der Waals surface area contributed by atoms with Crippen LogP contribution in [-0.4, -0.2) is 40.5 Å². The van der Waals surface area contributed by atoms with Gasteiger partial charge in [-0.15, -0.1) is 0 Å². The predicted octanol–water partition coefficient (Wildman–Crippen LogP) is 5.87. The van der Waals surface area contributed by atoms with Crippen LogP contribution >= 0.6 is 11.3 Å². The molecule has 2 aliphatic heterocycles. The average Bonchev–Trinajstić information content (AvgIpc) is 3.58. The number of fused-ring (bicyclic) bond motifs is 1. The molecule has 1 N–H and O–H groups in total. The molecule has 0 saturated carbocycles. The van der Waals surface area contributed by atoms with E-state index >= 15 is 0 Å². The first kappa shape index (κ1) is 27.3. The zero-order valence-electron chi connectivity index (χ0n) is 22.8. The lowest BCUT2D eigenvalue weighted by atomic mass is 9.93. The molecule has 2 atom stereocenters. The molecule has 0 radical (unpaired) electrons.